The minimum absolute atomic E-state index is 0.102. The second-order valence-electron chi connectivity index (χ2n) is 5.67. The lowest BCUT2D eigenvalue weighted by atomic mass is 9.96. The molecule has 0 amide bonds. The Labute approximate surface area is 151 Å². The first-order valence-corrected chi connectivity index (χ1v) is 7.97. The fourth-order valence-electron chi connectivity index (χ4n) is 2.57. The zero-order valence-electron chi connectivity index (χ0n) is 15.4. The van der Waals surface area contributed by atoms with Crippen molar-refractivity contribution < 1.29 is 47.6 Å². The van der Waals surface area contributed by atoms with Crippen LogP contribution >= 0.6 is 0 Å². The molecule has 10 heteroatoms. The number of rotatable bonds is 7. The number of hydrogen-bond donors (Lipinski definition) is 0. The van der Waals surface area contributed by atoms with Gasteiger partial charge in [0.1, 0.15) is 18.8 Å². The van der Waals surface area contributed by atoms with E-state index < -0.39 is 54.6 Å². The number of carbonyl (C=O) groups excluding carboxylic acids is 4. The quantitative estimate of drug-likeness (QED) is 0.446. The molecule has 0 spiro atoms. The van der Waals surface area contributed by atoms with Crippen LogP contribution in [0.4, 0.5) is 0 Å². The van der Waals surface area contributed by atoms with Crippen molar-refractivity contribution in [1.29, 1.82) is 0 Å². The van der Waals surface area contributed by atoms with Crippen LogP contribution in [0.3, 0.4) is 0 Å². The van der Waals surface area contributed by atoms with Crippen molar-refractivity contribution in [2.75, 3.05) is 13.7 Å². The summed E-state index contributed by atoms with van der Waals surface area (Å²) in [5, 5.41) is 0. The Hall–Kier alpha value is -2.20. The maximum atomic E-state index is 11.5. The first kappa shape index (κ1) is 21.8. The van der Waals surface area contributed by atoms with Gasteiger partial charge >= 0.3 is 23.9 Å². The van der Waals surface area contributed by atoms with Crippen molar-refractivity contribution in [2.24, 2.45) is 0 Å². The summed E-state index contributed by atoms with van der Waals surface area (Å²) < 4.78 is 31.4. The van der Waals surface area contributed by atoms with Crippen LogP contribution in [0.25, 0.3) is 0 Å². The molecule has 0 saturated carbocycles. The molecule has 0 N–H and O–H groups in total. The van der Waals surface area contributed by atoms with Gasteiger partial charge in [-0.1, -0.05) is 0 Å². The minimum atomic E-state index is -1.10. The molecule has 1 aliphatic heterocycles. The van der Waals surface area contributed by atoms with Crippen molar-refractivity contribution in [3.8, 4) is 0 Å². The summed E-state index contributed by atoms with van der Waals surface area (Å²) in [7, 11) is 1.38. The fourth-order valence-corrected chi connectivity index (χ4v) is 2.57. The van der Waals surface area contributed by atoms with Crippen LogP contribution in [0.5, 0.6) is 0 Å². The molecule has 0 radical (unpaired) electrons. The fraction of sp³-hybridized carbons (Fsp3) is 0.750. The number of methoxy groups -OCH3 is 1. The minimum Gasteiger partial charge on any atom is -0.462 e. The van der Waals surface area contributed by atoms with Crippen molar-refractivity contribution in [2.45, 2.75) is 64.8 Å². The largest absolute Gasteiger partial charge is 0.462 e. The molecule has 1 rings (SSSR count). The van der Waals surface area contributed by atoms with Gasteiger partial charge in [0, 0.05) is 41.2 Å². The van der Waals surface area contributed by atoms with E-state index in [4.69, 9.17) is 28.4 Å². The summed E-state index contributed by atoms with van der Waals surface area (Å²) in [5.74, 6) is -2.49. The predicted octanol–water partition coefficient (Wildman–Crippen LogP) is 0.106. The van der Waals surface area contributed by atoms with Crippen molar-refractivity contribution in [3.05, 3.63) is 0 Å². The van der Waals surface area contributed by atoms with Gasteiger partial charge in [-0.3, -0.25) is 19.2 Å². The van der Waals surface area contributed by atoms with Gasteiger partial charge in [0.05, 0.1) is 0 Å². The molecule has 1 aliphatic rings. The Morgan fingerprint density at radius 1 is 0.962 bits per heavy atom. The Morgan fingerprint density at radius 2 is 1.58 bits per heavy atom. The predicted molar refractivity (Wildman–Crippen MR) is 83.6 cm³/mol. The van der Waals surface area contributed by atoms with Crippen LogP contribution in [0.2, 0.25) is 0 Å². The molecule has 10 nitrogen and oxygen atoms in total. The van der Waals surface area contributed by atoms with E-state index in [1.54, 1.807) is 0 Å². The first-order valence-electron chi connectivity index (χ1n) is 7.97. The summed E-state index contributed by atoms with van der Waals surface area (Å²) in [5.41, 5.74) is 0. The first-order chi connectivity index (χ1) is 12.1. The molecule has 1 fully saturated rings. The molecule has 0 aromatic rings. The zero-order chi connectivity index (χ0) is 19.9. The Balaban J connectivity index is 3.15. The highest BCUT2D eigenvalue weighted by molar-refractivity contribution is 5.68. The lowest BCUT2D eigenvalue weighted by Crippen LogP contribution is -2.58. The van der Waals surface area contributed by atoms with Crippen LogP contribution < -0.4 is 0 Å². The highest BCUT2D eigenvalue weighted by Gasteiger charge is 2.48. The van der Waals surface area contributed by atoms with E-state index in [2.05, 4.69) is 0 Å². The normalized spacial score (nSPS) is 26.3. The van der Waals surface area contributed by atoms with Gasteiger partial charge in [-0.15, -0.1) is 0 Å². The van der Waals surface area contributed by atoms with Crippen LogP contribution in [0.15, 0.2) is 0 Å². The highest BCUT2D eigenvalue weighted by atomic mass is 16.7. The standard InChI is InChI=1S/C16H24O10/c1-8(17)22-7-13(24-10(3)19)16-15(25-11(4)20)12(23-9(2)18)6-14(21-5)26-16/h12-16H,6-7H2,1-5H3/t12-,13?,14?,15+,16+/m0/s1. The summed E-state index contributed by atoms with van der Waals surface area (Å²) >= 11 is 0. The Kier molecular flexibility index (Phi) is 8.46. The van der Waals surface area contributed by atoms with Gasteiger partial charge in [0.25, 0.3) is 0 Å². The van der Waals surface area contributed by atoms with Crippen molar-refractivity contribution in [1.82, 2.24) is 0 Å². The van der Waals surface area contributed by atoms with Gasteiger partial charge < -0.3 is 28.4 Å². The summed E-state index contributed by atoms with van der Waals surface area (Å²) in [6.45, 7) is 4.41. The third-order valence-corrected chi connectivity index (χ3v) is 3.44. The molecule has 1 heterocycles. The molecule has 5 atom stereocenters. The second-order valence-corrected chi connectivity index (χ2v) is 5.67. The van der Waals surface area contributed by atoms with Crippen molar-refractivity contribution in [3.63, 3.8) is 0 Å². The monoisotopic (exact) mass is 376 g/mol. The summed E-state index contributed by atoms with van der Waals surface area (Å²) in [6, 6.07) is 0. The van der Waals surface area contributed by atoms with E-state index in [-0.39, 0.29) is 13.0 Å². The zero-order valence-corrected chi connectivity index (χ0v) is 15.4. The average Bonchev–Trinajstić information content (AvgIpc) is 2.51. The van der Waals surface area contributed by atoms with E-state index in [1.165, 1.54) is 34.8 Å². The molecule has 2 unspecified atom stereocenters. The third-order valence-electron chi connectivity index (χ3n) is 3.44. The summed E-state index contributed by atoms with van der Waals surface area (Å²) in [6.07, 6.45) is -4.86. The molecule has 148 valence electrons. The lowest BCUT2D eigenvalue weighted by molar-refractivity contribution is -0.274. The maximum absolute atomic E-state index is 11.5. The van der Waals surface area contributed by atoms with Gasteiger partial charge in [-0.25, -0.2) is 0 Å². The number of ether oxygens (including phenoxy) is 6. The highest BCUT2D eigenvalue weighted by Crippen LogP contribution is 2.29. The molecule has 0 aromatic carbocycles. The Morgan fingerprint density at radius 3 is 2.04 bits per heavy atom. The van der Waals surface area contributed by atoms with Gasteiger partial charge in [0.2, 0.25) is 0 Å². The Bertz CT molecular complexity index is 531. The van der Waals surface area contributed by atoms with Crippen LogP contribution in [-0.2, 0) is 47.6 Å². The molecule has 0 aliphatic carbocycles. The molecule has 26 heavy (non-hydrogen) atoms. The third kappa shape index (κ3) is 6.96. The summed E-state index contributed by atoms with van der Waals surface area (Å²) in [4.78, 5) is 45.5. The van der Waals surface area contributed by atoms with Crippen molar-refractivity contribution >= 4 is 23.9 Å². The average molecular weight is 376 g/mol. The maximum Gasteiger partial charge on any atom is 0.303 e. The van der Waals surface area contributed by atoms with E-state index in [1.807, 2.05) is 0 Å². The molecule has 1 saturated heterocycles. The molecular formula is C16H24O10. The second kappa shape index (κ2) is 10.1. The van der Waals surface area contributed by atoms with Crippen LogP contribution in [-0.4, -0.2) is 68.3 Å². The molecule has 0 aromatic heterocycles. The lowest BCUT2D eigenvalue weighted by Gasteiger charge is -2.42. The topological polar surface area (TPSA) is 124 Å². The van der Waals surface area contributed by atoms with Gasteiger partial charge in [-0.2, -0.15) is 0 Å². The number of esters is 4. The van der Waals surface area contributed by atoms with Gasteiger partial charge in [0.15, 0.2) is 18.5 Å². The SMILES string of the molecule is COC1C[C@H](OC(C)=O)[C@@H](OC(C)=O)[C@@H](C(COC(C)=O)OC(C)=O)O1. The van der Waals surface area contributed by atoms with Gasteiger partial charge in [-0.05, 0) is 0 Å². The van der Waals surface area contributed by atoms with E-state index in [9.17, 15) is 19.2 Å². The number of carbonyl (C=O) groups is 4. The van der Waals surface area contributed by atoms with E-state index in [0.29, 0.717) is 0 Å². The van der Waals surface area contributed by atoms with E-state index in [0.717, 1.165) is 0 Å². The molecular weight excluding hydrogens is 352 g/mol. The smallest absolute Gasteiger partial charge is 0.303 e. The van der Waals surface area contributed by atoms with Crippen LogP contribution in [0, 0.1) is 0 Å². The number of hydrogen-bond acceptors (Lipinski definition) is 10. The van der Waals surface area contributed by atoms with E-state index >= 15 is 0 Å². The van der Waals surface area contributed by atoms with Crippen LogP contribution in [0.1, 0.15) is 34.1 Å². The molecule has 0 bridgehead atoms.